The van der Waals surface area contributed by atoms with Gasteiger partial charge in [-0.25, -0.2) is 8.42 Å². The third-order valence-corrected chi connectivity index (χ3v) is 3.00. The van der Waals surface area contributed by atoms with Gasteiger partial charge in [0.05, 0.1) is 11.8 Å². The molecule has 0 aromatic heterocycles. The summed E-state index contributed by atoms with van der Waals surface area (Å²) in [6, 6.07) is -0.172. The SMILES string of the molecule is CC(C)NC(=O)C(C)NCCCS(C)(=O)=O. The Morgan fingerprint density at radius 2 is 1.81 bits per heavy atom. The molecule has 6 heteroatoms. The number of carbonyl (C=O) groups is 1. The average molecular weight is 250 g/mol. The minimum Gasteiger partial charge on any atom is -0.353 e. The molecule has 0 aromatic carbocycles. The van der Waals surface area contributed by atoms with Crippen LogP contribution in [0.3, 0.4) is 0 Å². The highest BCUT2D eigenvalue weighted by Crippen LogP contribution is 1.90. The van der Waals surface area contributed by atoms with Crippen LogP contribution < -0.4 is 10.6 Å². The Labute approximate surface area is 97.9 Å². The van der Waals surface area contributed by atoms with Gasteiger partial charge in [0.2, 0.25) is 5.91 Å². The second-order valence-electron chi connectivity index (χ2n) is 4.32. The Hall–Kier alpha value is -0.620. The van der Waals surface area contributed by atoms with Crippen LogP contribution in [0.15, 0.2) is 0 Å². The average Bonchev–Trinajstić information content (AvgIpc) is 2.09. The smallest absolute Gasteiger partial charge is 0.237 e. The lowest BCUT2D eigenvalue weighted by molar-refractivity contribution is -0.123. The minimum absolute atomic E-state index is 0.0608. The molecule has 0 fully saturated rings. The minimum atomic E-state index is -2.90. The Morgan fingerprint density at radius 1 is 1.25 bits per heavy atom. The largest absolute Gasteiger partial charge is 0.353 e. The van der Waals surface area contributed by atoms with Crippen molar-refractivity contribution >= 4 is 15.7 Å². The van der Waals surface area contributed by atoms with Crippen LogP contribution in [0.5, 0.6) is 0 Å². The van der Waals surface area contributed by atoms with Gasteiger partial charge in [0.15, 0.2) is 0 Å². The van der Waals surface area contributed by atoms with Crippen LogP contribution >= 0.6 is 0 Å². The van der Waals surface area contributed by atoms with E-state index in [9.17, 15) is 13.2 Å². The predicted molar refractivity (Wildman–Crippen MR) is 65.1 cm³/mol. The van der Waals surface area contributed by atoms with Crippen molar-refractivity contribution in [3.05, 3.63) is 0 Å². The standard InChI is InChI=1S/C10H22N2O3S/c1-8(2)12-10(13)9(3)11-6-5-7-16(4,14)15/h8-9,11H,5-7H2,1-4H3,(H,12,13). The lowest BCUT2D eigenvalue weighted by atomic mass is 10.2. The van der Waals surface area contributed by atoms with E-state index in [-0.39, 0.29) is 23.7 Å². The van der Waals surface area contributed by atoms with E-state index in [1.807, 2.05) is 13.8 Å². The highest BCUT2D eigenvalue weighted by atomic mass is 32.2. The Kier molecular flexibility index (Phi) is 6.59. The molecule has 2 N–H and O–H groups in total. The summed E-state index contributed by atoms with van der Waals surface area (Å²) in [7, 11) is -2.90. The molecule has 0 radical (unpaired) electrons. The highest BCUT2D eigenvalue weighted by Gasteiger charge is 2.12. The summed E-state index contributed by atoms with van der Waals surface area (Å²) in [5.41, 5.74) is 0. The van der Waals surface area contributed by atoms with E-state index in [1.54, 1.807) is 6.92 Å². The van der Waals surface area contributed by atoms with E-state index < -0.39 is 9.84 Å². The molecular weight excluding hydrogens is 228 g/mol. The molecule has 1 unspecified atom stereocenters. The van der Waals surface area contributed by atoms with E-state index in [0.717, 1.165) is 0 Å². The van der Waals surface area contributed by atoms with Crippen LogP contribution in [-0.4, -0.2) is 45.0 Å². The molecule has 0 heterocycles. The molecule has 0 saturated carbocycles. The summed E-state index contributed by atoms with van der Waals surface area (Å²) in [5.74, 6) is 0.0905. The van der Waals surface area contributed by atoms with Crippen molar-refractivity contribution in [1.29, 1.82) is 0 Å². The molecular formula is C10H22N2O3S. The number of sulfone groups is 1. The number of rotatable bonds is 7. The van der Waals surface area contributed by atoms with Crippen LogP contribution in [0.25, 0.3) is 0 Å². The van der Waals surface area contributed by atoms with E-state index in [4.69, 9.17) is 0 Å². The first-order valence-corrected chi connectivity index (χ1v) is 7.50. The first kappa shape index (κ1) is 15.4. The zero-order valence-electron chi connectivity index (χ0n) is 10.4. The van der Waals surface area contributed by atoms with Crippen molar-refractivity contribution in [3.63, 3.8) is 0 Å². The summed E-state index contributed by atoms with van der Waals surface area (Å²) in [5, 5.41) is 5.76. The molecule has 1 atom stereocenters. The molecule has 5 nitrogen and oxygen atoms in total. The van der Waals surface area contributed by atoms with Crippen molar-refractivity contribution < 1.29 is 13.2 Å². The van der Waals surface area contributed by atoms with Crippen LogP contribution in [-0.2, 0) is 14.6 Å². The van der Waals surface area contributed by atoms with Gasteiger partial charge in [0, 0.05) is 12.3 Å². The van der Waals surface area contributed by atoms with E-state index >= 15 is 0 Å². The highest BCUT2D eigenvalue weighted by molar-refractivity contribution is 7.90. The first-order chi connectivity index (χ1) is 7.22. The summed E-state index contributed by atoms with van der Waals surface area (Å²) in [6.07, 6.45) is 1.74. The molecule has 0 bridgehead atoms. The van der Waals surface area contributed by atoms with Crippen LogP contribution in [0, 0.1) is 0 Å². The van der Waals surface area contributed by atoms with Gasteiger partial charge in [-0.3, -0.25) is 4.79 Å². The van der Waals surface area contributed by atoms with E-state index in [1.165, 1.54) is 6.26 Å². The third-order valence-electron chi connectivity index (χ3n) is 1.97. The number of hydrogen-bond donors (Lipinski definition) is 2. The zero-order chi connectivity index (χ0) is 12.8. The van der Waals surface area contributed by atoms with E-state index in [2.05, 4.69) is 10.6 Å². The predicted octanol–water partition coefficient (Wildman–Crippen LogP) is -0.0762. The molecule has 96 valence electrons. The van der Waals surface area contributed by atoms with Gasteiger partial charge in [0.25, 0.3) is 0 Å². The molecule has 16 heavy (non-hydrogen) atoms. The van der Waals surface area contributed by atoms with Gasteiger partial charge in [-0.2, -0.15) is 0 Å². The lowest BCUT2D eigenvalue weighted by Gasteiger charge is -2.15. The summed E-state index contributed by atoms with van der Waals surface area (Å²) >= 11 is 0. The maximum Gasteiger partial charge on any atom is 0.237 e. The fourth-order valence-electron chi connectivity index (χ4n) is 1.16. The van der Waals surface area contributed by atoms with Crippen LogP contribution in [0.2, 0.25) is 0 Å². The van der Waals surface area contributed by atoms with Crippen molar-refractivity contribution in [2.75, 3.05) is 18.6 Å². The number of carbonyl (C=O) groups excluding carboxylic acids is 1. The molecule has 0 aliphatic carbocycles. The van der Waals surface area contributed by atoms with Gasteiger partial charge in [-0.15, -0.1) is 0 Å². The van der Waals surface area contributed by atoms with Gasteiger partial charge >= 0.3 is 0 Å². The third kappa shape index (κ3) is 8.67. The van der Waals surface area contributed by atoms with Crippen molar-refractivity contribution in [2.24, 2.45) is 0 Å². The molecule has 0 rings (SSSR count). The summed E-state index contributed by atoms with van der Waals surface area (Å²) < 4.78 is 21.7. The molecule has 0 aromatic rings. The second-order valence-corrected chi connectivity index (χ2v) is 6.58. The number of hydrogen-bond acceptors (Lipinski definition) is 4. The second kappa shape index (κ2) is 6.85. The normalized spacial score (nSPS) is 13.8. The maximum absolute atomic E-state index is 11.5. The van der Waals surface area contributed by atoms with Crippen molar-refractivity contribution in [3.8, 4) is 0 Å². The Balaban J connectivity index is 3.73. The van der Waals surface area contributed by atoms with Gasteiger partial charge in [0.1, 0.15) is 9.84 Å². The van der Waals surface area contributed by atoms with Gasteiger partial charge in [-0.1, -0.05) is 0 Å². The Morgan fingerprint density at radius 3 is 2.25 bits per heavy atom. The fraction of sp³-hybridized carbons (Fsp3) is 0.900. The molecule has 0 saturated heterocycles. The van der Waals surface area contributed by atoms with Gasteiger partial charge < -0.3 is 10.6 Å². The first-order valence-electron chi connectivity index (χ1n) is 5.44. The van der Waals surface area contributed by atoms with E-state index in [0.29, 0.717) is 13.0 Å². The monoisotopic (exact) mass is 250 g/mol. The Bertz CT molecular complexity index is 312. The number of nitrogens with one attached hydrogen (secondary N) is 2. The van der Waals surface area contributed by atoms with Gasteiger partial charge in [-0.05, 0) is 33.7 Å². The molecule has 0 spiro atoms. The van der Waals surface area contributed by atoms with Crippen molar-refractivity contribution in [1.82, 2.24) is 10.6 Å². The van der Waals surface area contributed by atoms with Crippen molar-refractivity contribution in [2.45, 2.75) is 39.3 Å². The number of amides is 1. The molecule has 1 amide bonds. The summed E-state index contributed by atoms with van der Waals surface area (Å²) in [4.78, 5) is 11.5. The quantitative estimate of drug-likeness (QED) is 0.620. The maximum atomic E-state index is 11.5. The molecule has 0 aliphatic heterocycles. The topological polar surface area (TPSA) is 75.3 Å². The van der Waals surface area contributed by atoms with Crippen LogP contribution in [0.1, 0.15) is 27.2 Å². The lowest BCUT2D eigenvalue weighted by Crippen LogP contribution is -2.45. The molecule has 0 aliphatic rings. The summed E-state index contributed by atoms with van der Waals surface area (Å²) in [6.45, 7) is 6.08. The fourth-order valence-corrected chi connectivity index (χ4v) is 1.82. The van der Waals surface area contributed by atoms with Crippen LogP contribution in [0.4, 0.5) is 0 Å². The zero-order valence-corrected chi connectivity index (χ0v) is 11.2.